The molecule has 21 heavy (non-hydrogen) atoms. The Bertz CT molecular complexity index is 563. The number of sulfone groups is 1. The van der Waals surface area contributed by atoms with Crippen LogP contribution in [0.3, 0.4) is 0 Å². The van der Waals surface area contributed by atoms with Gasteiger partial charge in [0, 0.05) is 24.7 Å². The van der Waals surface area contributed by atoms with E-state index in [9.17, 15) is 8.42 Å². The topological polar surface area (TPSA) is 62.6 Å². The van der Waals surface area contributed by atoms with Crippen LogP contribution in [0.5, 0.6) is 0 Å². The highest BCUT2D eigenvalue weighted by Crippen LogP contribution is 2.18. The Morgan fingerprint density at radius 3 is 2.81 bits per heavy atom. The zero-order valence-corrected chi connectivity index (χ0v) is 14.0. The van der Waals surface area contributed by atoms with Crippen LogP contribution >= 0.6 is 0 Å². The van der Waals surface area contributed by atoms with Crippen LogP contribution < -0.4 is 5.32 Å². The molecule has 1 aliphatic heterocycles. The maximum atomic E-state index is 11.6. The molecule has 0 unspecified atom stereocenters. The quantitative estimate of drug-likeness (QED) is 0.896. The Hall–Kier alpha value is -0.850. The van der Waals surface area contributed by atoms with Gasteiger partial charge in [0.05, 0.1) is 18.1 Å². The van der Waals surface area contributed by atoms with E-state index < -0.39 is 9.84 Å². The Kier molecular flexibility index (Phi) is 5.46. The molecule has 1 aromatic heterocycles. The third-order valence-electron chi connectivity index (χ3n) is 3.80. The van der Waals surface area contributed by atoms with Crippen molar-refractivity contribution in [2.24, 2.45) is 0 Å². The number of nitrogens with zero attached hydrogens (tertiary/aromatic N) is 1. The maximum absolute atomic E-state index is 11.6. The molecule has 6 heteroatoms. The second kappa shape index (κ2) is 6.94. The van der Waals surface area contributed by atoms with Gasteiger partial charge in [0.2, 0.25) is 0 Å². The summed E-state index contributed by atoms with van der Waals surface area (Å²) in [6.45, 7) is 9.14. The van der Waals surface area contributed by atoms with Crippen molar-refractivity contribution in [1.29, 1.82) is 0 Å². The summed E-state index contributed by atoms with van der Waals surface area (Å²) < 4.78 is 29.0. The van der Waals surface area contributed by atoms with Crippen molar-refractivity contribution in [1.82, 2.24) is 10.2 Å². The molecular weight excluding hydrogens is 288 g/mol. The van der Waals surface area contributed by atoms with E-state index in [0.717, 1.165) is 43.1 Å². The van der Waals surface area contributed by atoms with E-state index in [-0.39, 0.29) is 5.75 Å². The van der Waals surface area contributed by atoms with Crippen LogP contribution in [0.2, 0.25) is 0 Å². The Morgan fingerprint density at radius 2 is 2.10 bits per heavy atom. The van der Waals surface area contributed by atoms with E-state index in [0.29, 0.717) is 18.3 Å². The lowest BCUT2D eigenvalue weighted by molar-refractivity contribution is 0.285. The van der Waals surface area contributed by atoms with Crippen molar-refractivity contribution in [2.75, 3.05) is 24.6 Å². The molecule has 1 N–H and O–H groups in total. The molecular formula is C15H26N2O3S. The molecule has 0 bridgehead atoms. The van der Waals surface area contributed by atoms with Gasteiger partial charge in [0.1, 0.15) is 11.5 Å². The van der Waals surface area contributed by atoms with Crippen molar-refractivity contribution >= 4 is 9.84 Å². The summed E-state index contributed by atoms with van der Waals surface area (Å²) in [6.07, 6.45) is 0.723. The summed E-state index contributed by atoms with van der Waals surface area (Å²) in [5.41, 5.74) is 1.16. The fraction of sp³-hybridized carbons (Fsp3) is 0.733. The Balaban J connectivity index is 1.96. The molecule has 120 valence electrons. The van der Waals surface area contributed by atoms with E-state index in [1.165, 1.54) is 0 Å². The van der Waals surface area contributed by atoms with Gasteiger partial charge in [-0.2, -0.15) is 0 Å². The van der Waals surface area contributed by atoms with E-state index in [1.54, 1.807) is 0 Å². The first-order valence-corrected chi connectivity index (χ1v) is 9.42. The lowest BCUT2D eigenvalue weighted by Crippen LogP contribution is -2.26. The third kappa shape index (κ3) is 5.13. The SMILES string of the molecule is Cc1oc(CNC(C)C)cc1CN1CCCS(=O)(=O)CC1. The van der Waals surface area contributed by atoms with E-state index in [2.05, 4.69) is 30.1 Å². The van der Waals surface area contributed by atoms with Crippen LogP contribution in [0.1, 0.15) is 37.4 Å². The highest BCUT2D eigenvalue weighted by Gasteiger charge is 2.20. The standard InChI is InChI=1S/C15H26N2O3S/c1-12(2)16-10-15-9-14(13(3)20-15)11-17-5-4-7-21(18,19)8-6-17/h9,12,16H,4-8,10-11H2,1-3H3. The largest absolute Gasteiger partial charge is 0.465 e. The van der Waals surface area contributed by atoms with Gasteiger partial charge >= 0.3 is 0 Å². The minimum Gasteiger partial charge on any atom is -0.465 e. The van der Waals surface area contributed by atoms with Crippen LogP contribution in [-0.4, -0.2) is 44.0 Å². The minimum atomic E-state index is -2.84. The van der Waals surface area contributed by atoms with Gasteiger partial charge in [-0.3, -0.25) is 4.90 Å². The highest BCUT2D eigenvalue weighted by atomic mass is 32.2. The van der Waals surface area contributed by atoms with Gasteiger partial charge < -0.3 is 9.73 Å². The van der Waals surface area contributed by atoms with E-state index in [1.807, 2.05) is 6.92 Å². The van der Waals surface area contributed by atoms with Crippen LogP contribution in [-0.2, 0) is 22.9 Å². The van der Waals surface area contributed by atoms with Gasteiger partial charge in [-0.1, -0.05) is 13.8 Å². The number of aryl methyl sites for hydroxylation is 1. The van der Waals surface area contributed by atoms with Crippen LogP contribution in [0.15, 0.2) is 10.5 Å². The van der Waals surface area contributed by atoms with Gasteiger partial charge in [0.25, 0.3) is 0 Å². The maximum Gasteiger partial charge on any atom is 0.151 e. The Morgan fingerprint density at radius 1 is 1.33 bits per heavy atom. The zero-order valence-electron chi connectivity index (χ0n) is 13.2. The minimum absolute atomic E-state index is 0.270. The molecule has 1 fully saturated rings. The monoisotopic (exact) mass is 314 g/mol. The first-order chi connectivity index (χ1) is 9.85. The van der Waals surface area contributed by atoms with Gasteiger partial charge in [-0.25, -0.2) is 8.42 Å². The summed E-state index contributed by atoms with van der Waals surface area (Å²) in [5.74, 6) is 2.46. The molecule has 0 amide bonds. The predicted octanol–water partition coefficient (Wildman–Crippen LogP) is 1.71. The number of furan rings is 1. The first-order valence-electron chi connectivity index (χ1n) is 7.60. The van der Waals surface area contributed by atoms with Crippen molar-refractivity contribution in [2.45, 2.75) is 46.3 Å². The average Bonchev–Trinajstić information content (AvgIpc) is 2.64. The van der Waals surface area contributed by atoms with Crippen molar-refractivity contribution in [3.8, 4) is 0 Å². The van der Waals surface area contributed by atoms with Crippen molar-refractivity contribution < 1.29 is 12.8 Å². The number of hydrogen-bond donors (Lipinski definition) is 1. The summed E-state index contributed by atoms with van der Waals surface area (Å²) in [4.78, 5) is 2.21. The highest BCUT2D eigenvalue weighted by molar-refractivity contribution is 7.91. The van der Waals surface area contributed by atoms with Crippen molar-refractivity contribution in [3.05, 3.63) is 23.2 Å². The van der Waals surface area contributed by atoms with Crippen LogP contribution in [0, 0.1) is 6.92 Å². The molecule has 0 aromatic carbocycles. The predicted molar refractivity (Wildman–Crippen MR) is 84.0 cm³/mol. The molecule has 5 nitrogen and oxygen atoms in total. The number of hydrogen-bond acceptors (Lipinski definition) is 5. The fourth-order valence-electron chi connectivity index (χ4n) is 2.53. The van der Waals surface area contributed by atoms with E-state index in [4.69, 9.17) is 4.42 Å². The molecule has 0 atom stereocenters. The summed E-state index contributed by atoms with van der Waals surface area (Å²) in [7, 11) is -2.84. The van der Waals surface area contributed by atoms with Crippen molar-refractivity contribution in [3.63, 3.8) is 0 Å². The van der Waals surface area contributed by atoms with Gasteiger partial charge in [-0.15, -0.1) is 0 Å². The summed E-state index contributed by atoms with van der Waals surface area (Å²) in [5, 5.41) is 3.34. The molecule has 1 saturated heterocycles. The smallest absolute Gasteiger partial charge is 0.151 e. The molecule has 1 aliphatic rings. The second-order valence-electron chi connectivity index (χ2n) is 6.11. The molecule has 0 spiro atoms. The number of nitrogens with one attached hydrogen (secondary N) is 1. The summed E-state index contributed by atoms with van der Waals surface area (Å²) >= 11 is 0. The molecule has 0 saturated carbocycles. The molecule has 2 rings (SSSR count). The van der Waals surface area contributed by atoms with Gasteiger partial charge in [-0.05, 0) is 26.0 Å². The molecule has 1 aromatic rings. The normalized spacial score (nSPS) is 19.8. The third-order valence-corrected chi connectivity index (χ3v) is 5.51. The lowest BCUT2D eigenvalue weighted by atomic mass is 10.2. The molecule has 0 aliphatic carbocycles. The van der Waals surface area contributed by atoms with Crippen LogP contribution in [0.4, 0.5) is 0 Å². The average molecular weight is 314 g/mol. The first kappa shape index (κ1) is 16.5. The molecule has 2 heterocycles. The van der Waals surface area contributed by atoms with Crippen LogP contribution in [0.25, 0.3) is 0 Å². The lowest BCUT2D eigenvalue weighted by Gasteiger charge is -2.18. The molecule has 0 radical (unpaired) electrons. The zero-order chi connectivity index (χ0) is 15.5. The van der Waals surface area contributed by atoms with Gasteiger partial charge in [0.15, 0.2) is 9.84 Å². The summed E-state index contributed by atoms with van der Waals surface area (Å²) in [6, 6.07) is 2.51. The number of rotatable bonds is 5. The van der Waals surface area contributed by atoms with E-state index >= 15 is 0 Å². The fourth-order valence-corrected chi connectivity index (χ4v) is 3.83. The Labute approximate surface area is 127 Å². The second-order valence-corrected chi connectivity index (χ2v) is 8.41.